The first-order chi connectivity index (χ1) is 30.8. The fourth-order valence-corrected chi connectivity index (χ4v) is 11.2. The van der Waals surface area contributed by atoms with Crippen molar-refractivity contribution in [2.24, 2.45) is 0 Å². The molecule has 62 heavy (non-hydrogen) atoms. The highest BCUT2D eigenvalue weighted by Crippen LogP contribution is 2.27. The first kappa shape index (κ1) is 59.8. The van der Waals surface area contributed by atoms with Gasteiger partial charge < -0.3 is 0 Å². The lowest BCUT2D eigenvalue weighted by atomic mass is 9.93. The summed E-state index contributed by atoms with van der Waals surface area (Å²) in [5, 5.41) is 0. The zero-order chi connectivity index (χ0) is 44.5. The summed E-state index contributed by atoms with van der Waals surface area (Å²) < 4.78 is 13.9. The van der Waals surface area contributed by atoms with E-state index in [1.807, 2.05) is 0 Å². The number of hydrogen-bond acceptors (Lipinski definition) is 1. The molecule has 0 spiro atoms. The van der Waals surface area contributed by atoms with Crippen LogP contribution in [-0.2, 0) is 22.3 Å². The highest BCUT2D eigenvalue weighted by molar-refractivity contribution is 14.1. The van der Waals surface area contributed by atoms with Crippen molar-refractivity contribution in [3.63, 3.8) is 0 Å². The Morgan fingerprint density at radius 2 is 0.419 bits per heavy atom. The van der Waals surface area contributed by atoms with E-state index < -0.39 is 21.2 Å². The van der Waals surface area contributed by atoms with E-state index in [4.69, 9.17) is 0 Å². The van der Waals surface area contributed by atoms with Crippen molar-refractivity contribution in [1.29, 1.82) is 0 Å². The maximum absolute atomic E-state index is 12.6. The molecule has 0 N–H and O–H groups in total. The Balaban J connectivity index is 2.39. The van der Waals surface area contributed by atoms with E-state index in [1.165, 1.54) is 330 Å². The molecule has 0 radical (unpaired) electrons. The lowest BCUT2D eigenvalue weighted by Crippen LogP contribution is -2.01. The minimum absolute atomic E-state index is 1.12. The van der Waals surface area contributed by atoms with Crippen molar-refractivity contribution in [1.82, 2.24) is 0 Å². The molecule has 0 aliphatic heterocycles. The van der Waals surface area contributed by atoms with E-state index in [0.29, 0.717) is 0 Å². The van der Waals surface area contributed by atoms with Gasteiger partial charge in [0.2, 0.25) is 0 Å². The average molecular weight is 977 g/mol. The molecule has 0 amide bonds. The molecule has 0 aliphatic rings. The van der Waals surface area contributed by atoms with Crippen molar-refractivity contribution in [2.45, 2.75) is 348 Å². The molecule has 0 aliphatic carbocycles. The largest absolute Gasteiger partial charge is 0.265 e. The number of unbranched alkanes of at least 4 members (excludes halogenated alkanes) is 45. The molecule has 1 nitrogen and oxygen atoms in total. The minimum atomic E-state index is -1.12. The van der Waals surface area contributed by atoms with Crippen molar-refractivity contribution in [3.8, 4) is 0 Å². The predicted octanol–water partition coefficient (Wildman–Crippen LogP) is 22.6. The van der Waals surface area contributed by atoms with Crippen molar-refractivity contribution in [2.75, 3.05) is 0 Å². The Morgan fingerprint density at radius 3 is 0.629 bits per heavy atom. The van der Waals surface area contributed by atoms with Crippen LogP contribution in [-0.4, -0.2) is 0 Å². The molecule has 1 rings (SSSR count). The van der Waals surface area contributed by atoms with Gasteiger partial charge in [-0.25, -0.2) is 0 Å². The number of aryl methyl sites for hydroxylation is 3. The van der Waals surface area contributed by atoms with E-state index in [-0.39, 0.29) is 0 Å². The summed E-state index contributed by atoms with van der Waals surface area (Å²) in [6, 6.07) is 5.00. The van der Waals surface area contributed by atoms with Gasteiger partial charge in [-0.15, -0.1) is 0 Å². The highest BCUT2D eigenvalue weighted by Gasteiger charge is 2.11. The van der Waals surface area contributed by atoms with Gasteiger partial charge in [0.05, 0.1) is 0 Å². The van der Waals surface area contributed by atoms with Crippen LogP contribution in [0.25, 0.3) is 0 Å². The lowest BCUT2D eigenvalue weighted by Gasteiger charge is -2.15. The van der Waals surface area contributed by atoms with Crippen LogP contribution in [0.4, 0.5) is 0 Å². The van der Waals surface area contributed by atoms with Crippen LogP contribution in [0, 0.1) is 3.57 Å². The molecule has 0 bridgehead atoms. The third kappa shape index (κ3) is 40.1. The molecule has 0 saturated carbocycles. The topological polar surface area (TPSA) is 17.1 Å². The average Bonchev–Trinajstić information content (AvgIpc) is 3.28. The molecule has 0 atom stereocenters. The van der Waals surface area contributed by atoms with E-state index >= 15 is 0 Å². The SMILES string of the molecule is CCCCCCCCCCCCCCCCCCc1cc(CCCCCCCCCCCCCCCCCC)c(I=O)cc1CCCCCCCCCCCCCCCCCC. The molecular formula is C60H113IO. The molecule has 2 heteroatoms. The second-order valence-electron chi connectivity index (χ2n) is 20.4. The quantitative estimate of drug-likeness (QED) is 0.0470. The molecule has 1 aromatic carbocycles. The van der Waals surface area contributed by atoms with Crippen molar-refractivity contribution < 1.29 is 3.07 Å². The number of benzene rings is 1. The number of hydrogen-bond donors (Lipinski definition) is 0. The summed E-state index contributed by atoms with van der Waals surface area (Å²) >= 11 is -1.12. The lowest BCUT2D eigenvalue weighted by molar-refractivity contribution is 0.528. The Morgan fingerprint density at radius 1 is 0.242 bits per heavy atom. The summed E-state index contributed by atoms with van der Waals surface area (Å²) in [6.07, 6.45) is 71.9. The highest BCUT2D eigenvalue weighted by atomic mass is 127. The summed E-state index contributed by atoms with van der Waals surface area (Å²) in [7, 11) is 0. The normalized spacial score (nSPS) is 11.7. The van der Waals surface area contributed by atoms with Gasteiger partial charge >= 0.3 is 0 Å². The van der Waals surface area contributed by atoms with Crippen LogP contribution in [0.1, 0.15) is 346 Å². The van der Waals surface area contributed by atoms with Crippen LogP contribution < -0.4 is 0 Å². The van der Waals surface area contributed by atoms with Crippen LogP contribution >= 0.6 is 21.2 Å². The molecule has 0 fully saturated rings. The van der Waals surface area contributed by atoms with Gasteiger partial charge in [-0.05, 0) is 61.3 Å². The van der Waals surface area contributed by atoms with Crippen LogP contribution in [0.2, 0.25) is 0 Å². The summed E-state index contributed by atoms with van der Waals surface area (Å²) in [5.41, 5.74) is 4.61. The maximum atomic E-state index is 12.6. The maximum Gasteiger partial charge on any atom is 0.182 e. The van der Waals surface area contributed by atoms with Gasteiger partial charge in [-0.3, -0.25) is 3.07 Å². The monoisotopic (exact) mass is 977 g/mol. The zero-order valence-corrected chi connectivity index (χ0v) is 45.2. The van der Waals surface area contributed by atoms with Crippen LogP contribution in [0.3, 0.4) is 0 Å². The van der Waals surface area contributed by atoms with Gasteiger partial charge in [0.15, 0.2) is 21.2 Å². The molecule has 0 unspecified atom stereocenters. The van der Waals surface area contributed by atoms with Crippen LogP contribution in [0.15, 0.2) is 12.1 Å². The number of rotatable bonds is 52. The number of halogens is 1. The molecular weight excluding hydrogens is 864 g/mol. The van der Waals surface area contributed by atoms with Gasteiger partial charge in [0.25, 0.3) is 0 Å². The Labute approximate surface area is 402 Å². The minimum Gasteiger partial charge on any atom is -0.265 e. The Hall–Kier alpha value is -0.250. The third-order valence-corrected chi connectivity index (χ3v) is 15.8. The van der Waals surface area contributed by atoms with Gasteiger partial charge in [0.1, 0.15) is 0 Å². The predicted molar refractivity (Wildman–Crippen MR) is 290 cm³/mol. The molecule has 1 aromatic rings. The van der Waals surface area contributed by atoms with Crippen molar-refractivity contribution in [3.05, 3.63) is 32.4 Å². The van der Waals surface area contributed by atoms with Gasteiger partial charge in [-0.1, -0.05) is 316 Å². The Kier molecular flexibility index (Phi) is 48.4. The zero-order valence-electron chi connectivity index (χ0n) is 43.0. The smallest absolute Gasteiger partial charge is 0.182 e. The molecule has 366 valence electrons. The molecule has 0 saturated heterocycles. The van der Waals surface area contributed by atoms with E-state index in [2.05, 4.69) is 32.9 Å². The summed E-state index contributed by atoms with van der Waals surface area (Å²) in [4.78, 5) is 0. The van der Waals surface area contributed by atoms with Crippen LogP contribution in [0.5, 0.6) is 0 Å². The second kappa shape index (κ2) is 50.2. The Bertz CT molecular complexity index is 1030. The summed E-state index contributed by atoms with van der Waals surface area (Å²) in [6.45, 7) is 6.94. The first-order valence-electron chi connectivity index (χ1n) is 29.2. The first-order valence-corrected chi connectivity index (χ1v) is 31.1. The summed E-state index contributed by atoms with van der Waals surface area (Å²) in [5.74, 6) is 0. The second-order valence-corrected chi connectivity index (χ2v) is 22.1. The molecule has 0 heterocycles. The van der Waals surface area contributed by atoms with Gasteiger partial charge in [0, 0.05) is 3.57 Å². The molecule has 0 aromatic heterocycles. The van der Waals surface area contributed by atoms with Gasteiger partial charge in [-0.2, -0.15) is 0 Å². The van der Waals surface area contributed by atoms with E-state index in [9.17, 15) is 3.07 Å². The standard InChI is InChI=1S/C60H113IO/c1-4-7-10-13-16-19-22-25-28-31-34-37-40-43-46-49-52-57-55-59(54-51-48-45-42-39-36-33-30-27-24-21-18-15-12-9-6-3)60(61-62)56-58(57)53-50-47-44-41-38-35-32-29-26-23-20-17-14-11-8-5-2/h55-56H,4-54H2,1-3H3. The fourth-order valence-electron chi connectivity index (χ4n) is 10.0. The van der Waals surface area contributed by atoms with E-state index in [0.717, 1.165) is 6.42 Å². The van der Waals surface area contributed by atoms with E-state index in [1.54, 1.807) is 11.1 Å². The fraction of sp³-hybridized carbons (Fsp3) is 0.900. The third-order valence-electron chi connectivity index (χ3n) is 14.4. The van der Waals surface area contributed by atoms with Crippen molar-refractivity contribution >= 4 is 21.2 Å².